The van der Waals surface area contributed by atoms with E-state index in [1.54, 1.807) is 0 Å². The summed E-state index contributed by atoms with van der Waals surface area (Å²) in [7, 11) is 0. The van der Waals surface area contributed by atoms with E-state index in [9.17, 15) is 44.1 Å². The fourth-order valence-electron chi connectivity index (χ4n) is 4.12. The topological polar surface area (TPSA) is 187 Å². The van der Waals surface area contributed by atoms with Crippen LogP contribution in [0.1, 0.15) is 106 Å². The molecule has 39 heavy (non-hydrogen) atoms. The molecule has 0 radical (unpaired) electrons. The van der Waals surface area contributed by atoms with Crippen molar-refractivity contribution >= 4 is 35.5 Å². The fourth-order valence-corrected chi connectivity index (χ4v) is 4.12. The zero-order valence-corrected chi connectivity index (χ0v) is 24.3. The average Bonchev–Trinajstić information content (AvgIpc) is 2.77. The van der Waals surface area contributed by atoms with Crippen molar-refractivity contribution in [2.45, 2.75) is 112 Å². The van der Waals surface area contributed by atoms with Crippen LogP contribution in [0.15, 0.2) is 0 Å². The summed E-state index contributed by atoms with van der Waals surface area (Å²) in [5, 5.41) is 33.4. The third-order valence-corrected chi connectivity index (χ3v) is 6.24. The summed E-state index contributed by atoms with van der Waals surface area (Å²) in [6.45, 7) is 12.4. The molecular weight excluding hydrogens is 508 g/mol. The molecule has 5 N–H and O–H groups in total. The highest BCUT2D eigenvalue weighted by Gasteiger charge is 2.28. The van der Waals surface area contributed by atoms with Crippen molar-refractivity contribution in [2.24, 2.45) is 22.7 Å². The summed E-state index contributed by atoms with van der Waals surface area (Å²) < 4.78 is 0. The van der Waals surface area contributed by atoms with Crippen molar-refractivity contribution in [1.29, 1.82) is 0 Å². The van der Waals surface area contributed by atoms with E-state index in [0.29, 0.717) is 13.0 Å². The zero-order chi connectivity index (χ0) is 30.4. The first kappa shape index (κ1) is 36.0. The molecule has 0 aromatic carbocycles. The van der Waals surface area contributed by atoms with Gasteiger partial charge in [-0.05, 0) is 49.4 Å². The first-order chi connectivity index (χ1) is 17.8. The van der Waals surface area contributed by atoms with Crippen LogP contribution in [-0.2, 0) is 28.8 Å². The number of carboxylic acid groups (broad SMARTS) is 3. The van der Waals surface area contributed by atoms with Crippen LogP contribution < -0.4 is 10.6 Å². The van der Waals surface area contributed by atoms with Crippen LogP contribution >= 0.6 is 0 Å². The van der Waals surface area contributed by atoms with Crippen LogP contribution in [0.4, 0.5) is 0 Å². The largest absolute Gasteiger partial charge is 0.481 e. The number of Topliss-reactive ketones (excluding diaryl/α,β-unsaturated/α-hetero) is 1. The standard InChI is InChI=1S/C28H48N2O9/c1-27(2,3)14-7-15-29-22(32)12-8-18(24(34)35)16-20(31)10-11-21(26(38)39)30-23(33)13-9-19(25(36)37)17-28(4,5)6/h18-19,21H,7-17H2,1-6H3,(H,29,32)(H,30,33)(H,34,35)(H,36,37)(H,38,39)/t18-,19-,21+/m1/s1. The number of aliphatic carboxylic acids is 3. The van der Waals surface area contributed by atoms with E-state index in [-0.39, 0.29) is 61.7 Å². The van der Waals surface area contributed by atoms with Crippen LogP contribution in [0.3, 0.4) is 0 Å². The number of hydrogen-bond donors (Lipinski definition) is 5. The summed E-state index contributed by atoms with van der Waals surface area (Å²) in [6.07, 6.45) is 1.05. The van der Waals surface area contributed by atoms with Gasteiger partial charge >= 0.3 is 17.9 Å². The predicted molar refractivity (Wildman–Crippen MR) is 145 cm³/mol. The minimum Gasteiger partial charge on any atom is -0.481 e. The average molecular weight is 557 g/mol. The van der Waals surface area contributed by atoms with E-state index in [0.717, 1.165) is 12.8 Å². The van der Waals surface area contributed by atoms with E-state index < -0.39 is 47.5 Å². The molecule has 0 fully saturated rings. The number of carbonyl (C=O) groups is 6. The lowest BCUT2D eigenvalue weighted by atomic mass is 9.82. The van der Waals surface area contributed by atoms with Crippen molar-refractivity contribution in [3.05, 3.63) is 0 Å². The molecule has 0 unspecified atom stereocenters. The predicted octanol–water partition coefficient (Wildman–Crippen LogP) is 3.64. The lowest BCUT2D eigenvalue weighted by Crippen LogP contribution is -2.41. The highest BCUT2D eigenvalue weighted by molar-refractivity contribution is 5.86. The zero-order valence-electron chi connectivity index (χ0n) is 24.3. The summed E-state index contributed by atoms with van der Waals surface area (Å²) in [4.78, 5) is 71.4. The van der Waals surface area contributed by atoms with Crippen LogP contribution in [-0.4, -0.2) is 63.4 Å². The Kier molecular flexibility index (Phi) is 15.6. The summed E-state index contributed by atoms with van der Waals surface area (Å²) in [6, 6.07) is -1.37. The second-order valence-corrected chi connectivity index (χ2v) is 12.7. The summed E-state index contributed by atoms with van der Waals surface area (Å²) >= 11 is 0. The molecule has 0 rings (SSSR count). The first-order valence-corrected chi connectivity index (χ1v) is 13.6. The molecule has 3 atom stereocenters. The van der Waals surface area contributed by atoms with Gasteiger partial charge in [-0.1, -0.05) is 41.5 Å². The number of ketones is 1. The SMILES string of the molecule is CC(C)(C)CCCNC(=O)CC[C@H](CC(=O)CC[C@H](NC(=O)CC[C@H](CC(C)(C)C)C(=O)O)C(=O)O)C(=O)O. The Balaban J connectivity index is 4.69. The number of nitrogens with one attached hydrogen (secondary N) is 2. The second kappa shape index (κ2) is 16.9. The molecule has 0 aliphatic heterocycles. The van der Waals surface area contributed by atoms with Gasteiger partial charge in [-0.15, -0.1) is 0 Å². The van der Waals surface area contributed by atoms with Gasteiger partial charge in [0.2, 0.25) is 11.8 Å². The lowest BCUT2D eigenvalue weighted by Gasteiger charge is -2.23. The second-order valence-electron chi connectivity index (χ2n) is 12.7. The molecule has 2 amide bonds. The smallest absolute Gasteiger partial charge is 0.326 e. The van der Waals surface area contributed by atoms with E-state index in [4.69, 9.17) is 0 Å². The van der Waals surface area contributed by atoms with Crippen molar-refractivity contribution in [3.8, 4) is 0 Å². The normalized spacial score (nSPS) is 14.1. The number of carbonyl (C=O) groups excluding carboxylic acids is 3. The number of rotatable bonds is 19. The van der Waals surface area contributed by atoms with Gasteiger partial charge < -0.3 is 26.0 Å². The molecule has 224 valence electrons. The van der Waals surface area contributed by atoms with Crippen LogP contribution in [0, 0.1) is 22.7 Å². The minimum absolute atomic E-state index is 0.0232. The van der Waals surface area contributed by atoms with Gasteiger partial charge in [0.05, 0.1) is 11.8 Å². The monoisotopic (exact) mass is 556 g/mol. The molecule has 0 aliphatic carbocycles. The summed E-state index contributed by atoms with van der Waals surface area (Å²) in [5.41, 5.74) is -0.107. The molecule has 11 heteroatoms. The Bertz CT molecular complexity index is 856. The molecule has 0 aromatic heterocycles. The Morgan fingerprint density at radius 1 is 0.667 bits per heavy atom. The molecule has 0 heterocycles. The van der Waals surface area contributed by atoms with Crippen LogP contribution in [0.5, 0.6) is 0 Å². The third kappa shape index (κ3) is 18.8. The molecule has 0 saturated heterocycles. The summed E-state index contributed by atoms with van der Waals surface area (Å²) in [5.74, 6) is -6.82. The molecular formula is C28H48N2O9. The molecule has 0 aliphatic rings. The highest BCUT2D eigenvalue weighted by atomic mass is 16.4. The number of carboxylic acids is 3. The van der Waals surface area contributed by atoms with Gasteiger partial charge in [-0.3, -0.25) is 24.0 Å². The maximum absolute atomic E-state index is 12.4. The first-order valence-electron chi connectivity index (χ1n) is 13.6. The van der Waals surface area contributed by atoms with Crippen LogP contribution in [0.25, 0.3) is 0 Å². The van der Waals surface area contributed by atoms with Gasteiger partial charge in [0.1, 0.15) is 11.8 Å². The van der Waals surface area contributed by atoms with Gasteiger partial charge in [-0.25, -0.2) is 4.79 Å². The Labute approximate surface area is 231 Å². The lowest BCUT2D eigenvalue weighted by molar-refractivity contribution is -0.145. The van der Waals surface area contributed by atoms with Gasteiger partial charge in [-0.2, -0.15) is 0 Å². The Morgan fingerprint density at radius 2 is 1.21 bits per heavy atom. The molecule has 0 saturated carbocycles. The maximum Gasteiger partial charge on any atom is 0.326 e. The van der Waals surface area contributed by atoms with Crippen molar-refractivity contribution < 1.29 is 44.1 Å². The van der Waals surface area contributed by atoms with Crippen molar-refractivity contribution in [1.82, 2.24) is 10.6 Å². The molecule has 0 spiro atoms. The quantitative estimate of drug-likeness (QED) is 0.148. The maximum atomic E-state index is 12.4. The highest BCUT2D eigenvalue weighted by Crippen LogP contribution is 2.27. The molecule has 0 aromatic rings. The fraction of sp³-hybridized carbons (Fsp3) is 0.786. The van der Waals surface area contributed by atoms with Crippen molar-refractivity contribution in [2.75, 3.05) is 6.54 Å². The molecule has 0 bridgehead atoms. The van der Waals surface area contributed by atoms with Gasteiger partial charge in [0, 0.05) is 32.2 Å². The Morgan fingerprint density at radius 3 is 1.69 bits per heavy atom. The van der Waals surface area contributed by atoms with Crippen molar-refractivity contribution in [3.63, 3.8) is 0 Å². The van der Waals surface area contributed by atoms with Gasteiger partial charge in [0.25, 0.3) is 0 Å². The molecule has 11 nitrogen and oxygen atoms in total. The van der Waals surface area contributed by atoms with E-state index in [1.807, 2.05) is 20.8 Å². The van der Waals surface area contributed by atoms with E-state index in [1.165, 1.54) is 0 Å². The van der Waals surface area contributed by atoms with E-state index >= 15 is 0 Å². The van der Waals surface area contributed by atoms with Gasteiger partial charge in [0.15, 0.2) is 0 Å². The number of hydrogen-bond acceptors (Lipinski definition) is 6. The number of amides is 2. The van der Waals surface area contributed by atoms with Crippen LogP contribution in [0.2, 0.25) is 0 Å². The minimum atomic E-state index is -1.37. The third-order valence-electron chi connectivity index (χ3n) is 6.24. The van der Waals surface area contributed by atoms with E-state index in [2.05, 4.69) is 31.4 Å². The Hall–Kier alpha value is -2.98.